The smallest absolute Gasteiger partial charge is 0.187 e. The summed E-state index contributed by atoms with van der Waals surface area (Å²) in [5.41, 5.74) is 15.6. The highest BCUT2D eigenvalue weighted by Crippen LogP contribution is 2.64. The van der Waals surface area contributed by atoms with Crippen molar-refractivity contribution in [1.82, 2.24) is 0 Å². The summed E-state index contributed by atoms with van der Waals surface area (Å²) in [6, 6.07) is 70.3. The normalized spacial score (nSPS) is 12.5. The van der Waals surface area contributed by atoms with E-state index in [0.717, 1.165) is 67.5 Å². The summed E-state index contributed by atoms with van der Waals surface area (Å²) in [5.74, 6) is 0. The maximum absolute atomic E-state index is 10.1. The fourth-order valence-electron chi connectivity index (χ4n) is 8.82. The summed E-state index contributed by atoms with van der Waals surface area (Å²) in [5, 5.41) is 10.1. The molecule has 8 aromatic carbocycles. The number of nitrogens with zero attached hydrogens (tertiary/aromatic N) is 4. The first-order valence-corrected chi connectivity index (χ1v) is 18.4. The van der Waals surface area contributed by atoms with Crippen molar-refractivity contribution < 1.29 is 0 Å². The van der Waals surface area contributed by atoms with Crippen LogP contribution in [0.25, 0.3) is 27.1 Å². The van der Waals surface area contributed by atoms with E-state index in [-0.39, 0.29) is 0 Å². The minimum atomic E-state index is -0.728. The Kier molecular flexibility index (Phi) is 7.44. The number of fused-ring (bicyclic) bond motifs is 10. The summed E-state index contributed by atoms with van der Waals surface area (Å²) >= 11 is 0. The molecule has 4 heteroatoms. The molecule has 0 heterocycles. The molecular formula is C51H32N4. The number of nitriles is 1. The lowest BCUT2D eigenvalue weighted by atomic mass is 9.70. The summed E-state index contributed by atoms with van der Waals surface area (Å²) < 4.78 is 0. The molecule has 8 aromatic rings. The van der Waals surface area contributed by atoms with Crippen molar-refractivity contribution in [1.29, 1.82) is 5.26 Å². The van der Waals surface area contributed by atoms with Crippen LogP contribution < -0.4 is 9.80 Å². The van der Waals surface area contributed by atoms with E-state index in [4.69, 9.17) is 6.57 Å². The SMILES string of the molecule is [C-]#[N+]c1ccc2c(c1)-c1cc(C#N)ccc1C21c2cc(N(c3ccccc3)c3ccccc3)ccc2-c2ccc(N(c3ccccc3)c3ccccc3)cc21. The first kappa shape index (κ1) is 32.0. The van der Waals surface area contributed by atoms with Crippen LogP contribution in [0.1, 0.15) is 27.8 Å². The lowest BCUT2D eigenvalue weighted by Crippen LogP contribution is -2.26. The second-order valence-electron chi connectivity index (χ2n) is 13.9. The molecule has 256 valence electrons. The van der Waals surface area contributed by atoms with E-state index in [1.165, 1.54) is 11.1 Å². The Bertz CT molecular complexity index is 2560. The van der Waals surface area contributed by atoms with Crippen LogP contribution in [-0.2, 0) is 5.41 Å². The number of benzene rings is 8. The maximum atomic E-state index is 10.1. The summed E-state index contributed by atoms with van der Waals surface area (Å²) in [4.78, 5) is 8.47. The summed E-state index contributed by atoms with van der Waals surface area (Å²) in [6.07, 6.45) is 0. The van der Waals surface area contributed by atoms with Crippen LogP contribution in [0, 0.1) is 17.9 Å². The van der Waals surface area contributed by atoms with Crippen LogP contribution >= 0.6 is 0 Å². The van der Waals surface area contributed by atoms with E-state index in [1.54, 1.807) is 0 Å². The predicted molar refractivity (Wildman–Crippen MR) is 223 cm³/mol. The Morgan fingerprint density at radius 2 is 0.818 bits per heavy atom. The molecule has 0 atom stereocenters. The van der Waals surface area contributed by atoms with Crippen LogP contribution in [-0.4, -0.2) is 0 Å². The van der Waals surface area contributed by atoms with Crippen molar-refractivity contribution in [2.75, 3.05) is 9.80 Å². The van der Waals surface area contributed by atoms with Gasteiger partial charge in [0.25, 0.3) is 0 Å². The molecule has 0 N–H and O–H groups in total. The van der Waals surface area contributed by atoms with Crippen molar-refractivity contribution in [2.45, 2.75) is 5.41 Å². The zero-order chi connectivity index (χ0) is 36.9. The number of anilines is 6. The second-order valence-corrected chi connectivity index (χ2v) is 13.9. The van der Waals surface area contributed by atoms with E-state index < -0.39 is 5.41 Å². The predicted octanol–water partition coefficient (Wildman–Crippen LogP) is 13.4. The minimum absolute atomic E-state index is 0.573. The van der Waals surface area contributed by atoms with Crippen molar-refractivity contribution in [3.63, 3.8) is 0 Å². The molecule has 0 radical (unpaired) electrons. The van der Waals surface area contributed by atoms with Gasteiger partial charge in [0.05, 0.1) is 23.6 Å². The van der Waals surface area contributed by atoms with Gasteiger partial charge in [0, 0.05) is 34.1 Å². The van der Waals surface area contributed by atoms with Crippen LogP contribution in [0.15, 0.2) is 194 Å². The monoisotopic (exact) mass is 700 g/mol. The van der Waals surface area contributed by atoms with E-state index in [0.29, 0.717) is 11.3 Å². The lowest BCUT2D eigenvalue weighted by molar-refractivity contribution is 0.793. The Morgan fingerprint density at radius 3 is 1.24 bits per heavy atom. The highest BCUT2D eigenvalue weighted by Gasteiger charge is 2.52. The molecule has 10 rings (SSSR count). The van der Waals surface area contributed by atoms with Crippen LogP contribution in [0.5, 0.6) is 0 Å². The van der Waals surface area contributed by atoms with Gasteiger partial charge in [0.2, 0.25) is 0 Å². The molecule has 0 aliphatic heterocycles. The summed E-state index contributed by atoms with van der Waals surface area (Å²) in [7, 11) is 0. The van der Waals surface area contributed by atoms with Crippen molar-refractivity contribution in [3.8, 4) is 28.3 Å². The van der Waals surface area contributed by atoms with Crippen LogP contribution in [0.2, 0.25) is 0 Å². The number of hydrogen-bond acceptors (Lipinski definition) is 3. The summed E-state index contributed by atoms with van der Waals surface area (Å²) in [6.45, 7) is 7.94. The van der Waals surface area contributed by atoms with Gasteiger partial charge < -0.3 is 9.80 Å². The third kappa shape index (κ3) is 4.90. The van der Waals surface area contributed by atoms with Gasteiger partial charge in [-0.25, -0.2) is 4.85 Å². The molecule has 4 nitrogen and oxygen atoms in total. The zero-order valence-corrected chi connectivity index (χ0v) is 29.8. The van der Waals surface area contributed by atoms with E-state index >= 15 is 0 Å². The topological polar surface area (TPSA) is 34.6 Å². The van der Waals surface area contributed by atoms with Gasteiger partial charge in [-0.2, -0.15) is 5.26 Å². The molecule has 0 unspecified atom stereocenters. The maximum Gasteiger partial charge on any atom is 0.187 e. The molecular weight excluding hydrogens is 669 g/mol. The van der Waals surface area contributed by atoms with Gasteiger partial charge in [-0.1, -0.05) is 103 Å². The Balaban J connectivity index is 1.29. The van der Waals surface area contributed by atoms with Gasteiger partial charge in [-0.05, 0) is 136 Å². The molecule has 2 aliphatic rings. The fraction of sp³-hybridized carbons (Fsp3) is 0.0196. The fourth-order valence-corrected chi connectivity index (χ4v) is 8.82. The van der Waals surface area contributed by atoms with Crippen molar-refractivity contribution >= 4 is 39.8 Å². The molecule has 2 aliphatic carbocycles. The van der Waals surface area contributed by atoms with E-state index in [1.807, 2.05) is 48.5 Å². The average molecular weight is 701 g/mol. The second kappa shape index (κ2) is 12.8. The van der Waals surface area contributed by atoms with Gasteiger partial charge in [-0.15, -0.1) is 0 Å². The lowest BCUT2D eigenvalue weighted by Gasteiger charge is -2.33. The molecule has 0 bridgehead atoms. The third-order valence-corrected chi connectivity index (χ3v) is 11.1. The molecule has 0 saturated heterocycles. The van der Waals surface area contributed by atoms with E-state index in [2.05, 4.69) is 166 Å². The van der Waals surface area contributed by atoms with Gasteiger partial charge >= 0.3 is 0 Å². The highest BCUT2D eigenvalue weighted by atomic mass is 15.1. The average Bonchev–Trinajstić information content (AvgIpc) is 3.71. The molecule has 1 spiro atoms. The van der Waals surface area contributed by atoms with Gasteiger partial charge in [0.15, 0.2) is 5.69 Å². The first-order chi connectivity index (χ1) is 27.2. The van der Waals surface area contributed by atoms with Gasteiger partial charge in [0.1, 0.15) is 0 Å². The zero-order valence-electron chi connectivity index (χ0n) is 29.8. The minimum Gasteiger partial charge on any atom is -0.310 e. The molecule has 0 fully saturated rings. The Labute approximate surface area is 320 Å². The standard InChI is InChI=1S/C51H32N4/c1-53-36-23-29-48-46(31-36)45-30-35(34-52)22-28-47(45)51(48)49-32-41(54(37-14-6-2-7-15-37)38-16-8-3-9-17-38)24-26-43(49)44-27-25-42(33-50(44)51)55(39-18-10-4-11-19-39)40-20-12-5-13-21-40/h2-33H. The first-order valence-electron chi connectivity index (χ1n) is 18.4. The van der Waals surface area contributed by atoms with Crippen molar-refractivity contribution in [3.05, 3.63) is 233 Å². The van der Waals surface area contributed by atoms with Crippen LogP contribution in [0.4, 0.5) is 39.8 Å². The number of hydrogen-bond donors (Lipinski definition) is 0. The Morgan fingerprint density at radius 1 is 0.400 bits per heavy atom. The van der Waals surface area contributed by atoms with Gasteiger partial charge in [-0.3, -0.25) is 0 Å². The molecule has 0 saturated carbocycles. The van der Waals surface area contributed by atoms with E-state index in [9.17, 15) is 5.26 Å². The third-order valence-electron chi connectivity index (χ3n) is 11.1. The number of rotatable bonds is 6. The highest BCUT2D eigenvalue weighted by molar-refractivity contribution is 5.98. The van der Waals surface area contributed by atoms with Crippen LogP contribution in [0.3, 0.4) is 0 Å². The van der Waals surface area contributed by atoms with Crippen molar-refractivity contribution in [2.24, 2.45) is 0 Å². The Hall–Kier alpha value is -7.66. The molecule has 55 heavy (non-hydrogen) atoms. The molecule has 0 amide bonds. The largest absolute Gasteiger partial charge is 0.310 e. The quantitative estimate of drug-likeness (QED) is 0.162. The molecule has 0 aromatic heterocycles. The number of para-hydroxylation sites is 4.